The van der Waals surface area contributed by atoms with Gasteiger partial charge in [-0.05, 0) is 25.0 Å². The van der Waals surface area contributed by atoms with Gasteiger partial charge in [0.25, 0.3) is 11.8 Å². The Kier molecular flexibility index (Phi) is 8.66. The van der Waals surface area contributed by atoms with E-state index in [9.17, 15) is 9.59 Å². The monoisotopic (exact) mass is 480 g/mol. The van der Waals surface area contributed by atoms with Crippen LogP contribution in [-0.4, -0.2) is 100 Å². The maximum Gasteiger partial charge on any atom is 0.282 e. The molecule has 1 aromatic rings. The summed E-state index contributed by atoms with van der Waals surface area (Å²) < 4.78 is 34.7. The third-order valence-electron chi connectivity index (χ3n) is 5.84. The lowest BCUT2D eigenvalue weighted by molar-refractivity contribution is -0.280. The van der Waals surface area contributed by atoms with Gasteiger partial charge in [-0.1, -0.05) is 24.3 Å². The quantitative estimate of drug-likeness (QED) is 0.547. The molecule has 0 saturated carbocycles. The number of nitrogens with zero attached hydrogens (tertiary/aromatic N) is 2. The normalized spacial score (nSPS) is 29.5. The van der Waals surface area contributed by atoms with Crippen LogP contribution in [0.25, 0.3) is 0 Å². The third-order valence-corrected chi connectivity index (χ3v) is 5.84. The highest BCUT2D eigenvalue weighted by atomic mass is 16.7. The highest BCUT2D eigenvalue weighted by molar-refractivity contribution is 5.83. The van der Waals surface area contributed by atoms with Crippen molar-refractivity contribution < 1.29 is 38.0 Å². The van der Waals surface area contributed by atoms with Crippen molar-refractivity contribution in [3.8, 4) is 0 Å². The van der Waals surface area contributed by atoms with Crippen molar-refractivity contribution in [1.82, 2.24) is 9.80 Å². The van der Waals surface area contributed by atoms with E-state index in [1.54, 1.807) is 42.0 Å². The molecule has 0 bridgehead atoms. The number of carbonyl (C=O) groups excluding carboxylic acids is 2. The van der Waals surface area contributed by atoms with Crippen molar-refractivity contribution in [3.05, 3.63) is 35.4 Å². The molecule has 0 N–H and O–H groups in total. The molecular formula is C24H36N2O8. The largest absolute Gasteiger partial charge is 0.369 e. The SMILES string of the molecule is CN(C)C(=O)C1(C)OCC(OCc2ccccc2COC2COC(C)(C(=O)N(C)C)OC2)CO1. The Bertz CT molecular complexity index is 774. The highest BCUT2D eigenvalue weighted by Crippen LogP contribution is 2.24. The smallest absolute Gasteiger partial charge is 0.282 e. The Morgan fingerprint density at radius 1 is 0.765 bits per heavy atom. The molecular weight excluding hydrogens is 444 g/mol. The Morgan fingerprint density at radius 2 is 1.09 bits per heavy atom. The predicted octanol–water partition coefficient (Wildman–Crippen LogP) is 1.16. The van der Waals surface area contributed by atoms with E-state index in [1.165, 1.54) is 9.80 Å². The van der Waals surface area contributed by atoms with Gasteiger partial charge in [0.1, 0.15) is 12.2 Å². The molecule has 2 fully saturated rings. The van der Waals surface area contributed by atoms with Crippen LogP contribution < -0.4 is 0 Å². The topological polar surface area (TPSA) is 96.0 Å². The highest BCUT2D eigenvalue weighted by Gasteiger charge is 2.42. The van der Waals surface area contributed by atoms with Crippen LogP contribution >= 0.6 is 0 Å². The van der Waals surface area contributed by atoms with E-state index in [1.807, 2.05) is 24.3 Å². The Hall–Kier alpha value is -2.08. The van der Waals surface area contributed by atoms with Crippen LogP contribution in [0.5, 0.6) is 0 Å². The predicted molar refractivity (Wildman–Crippen MR) is 122 cm³/mol. The standard InChI is InChI=1S/C24H36N2O8/c1-23(21(27)25(3)4)31-13-19(14-32-23)29-11-17-9-7-8-10-18(17)12-30-20-15-33-24(2,34-16-20)22(28)26(5)6/h7-10,19-20H,11-16H2,1-6H3. The van der Waals surface area contributed by atoms with Crippen LogP contribution in [0.3, 0.4) is 0 Å². The van der Waals surface area contributed by atoms with E-state index < -0.39 is 11.6 Å². The lowest BCUT2D eigenvalue weighted by Crippen LogP contribution is -2.54. The van der Waals surface area contributed by atoms with E-state index in [0.29, 0.717) is 13.2 Å². The number of benzene rings is 1. The summed E-state index contributed by atoms with van der Waals surface area (Å²) in [6, 6.07) is 7.83. The molecule has 0 aromatic heterocycles. The molecule has 0 radical (unpaired) electrons. The second kappa shape index (κ2) is 11.1. The maximum atomic E-state index is 12.2. The van der Waals surface area contributed by atoms with Crippen LogP contribution in [0.2, 0.25) is 0 Å². The lowest BCUT2D eigenvalue weighted by atomic mass is 10.1. The molecule has 2 saturated heterocycles. The fourth-order valence-electron chi connectivity index (χ4n) is 3.69. The Morgan fingerprint density at radius 3 is 1.38 bits per heavy atom. The fourth-order valence-corrected chi connectivity index (χ4v) is 3.69. The first kappa shape index (κ1) is 26.5. The van der Waals surface area contributed by atoms with Crippen LogP contribution in [0.1, 0.15) is 25.0 Å². The minimum absolute atomic E-state index is 0.240. The number of carbonyl (C=O) groups is 2. The summed E-state index contributed by atoms with van der Waals surface area (Å²) in [6.45, 7) is 4.98. The molecule has 2 heterocycles. The summed E-state index contributed by atoms with van der Waals surface area (Å²) in [5, 5.41) is 0. The number of likely N-dealkylation sites (N-methyl/N-ethyl adjacent to an activating group) is 2. The maximum absolute atomic E-state index is 12.2. The minimum atomic E-state index is -1.29. The number of hydrogen-bond acceptors (Lipinski definition) is 8. The first-order chi connectivity index (χ1) is 16.0. The van der Waals surface area contributed by atoms with Crippen molar-refractivity contribution >= 4 is 11.8 Å². The minimum Gasteiger partial charge on any atom is -0.369 e. The Labute approximate surface area is 201 Å². The first-order valence-corrected chi connectivity index (χ1v) is 11.3. The second-order valence-electron chi connectivity index (χ2n) is 9.17. The van der Waals surface area contributed by atoms with Gasteiger partial charge in [-0.25, -0.2) is 0 Å². The van der Waals surface area contributed by atoms with Crippen molar-refractivity contribution in [2.45, 2.75) is 50.8 Å². The van der Waals surface area contributed by atoms with Crippen LogP contribution in [-0.2, 0) is 51.2 Å². The van der Waals surface area contributed by atoms with E-state index >= 15 is 0 Å². The summed E-state index contributed by atoms with van der Waals surface area (Å²) >= 11 is 0. The van der Waals surface area contributed by atoms with Gasteiger partial charge in [0.05, 0.1) is 39.6 Å². The zero-order chi connectivity index (χ0) is 24.9. The first-order valence-electron chi connectivity index (χ1n) is 11.3. The molecule has 10 heteroatoms. The van der Waals surface area contributed by atoms with Crippen molar-refractivity contribution in [2.24, 2.45) is 0 Å². The molecule has 0 aliphatic carbocycles. The van der Waals surface area contributed by atoms with Gasteiger partial charge in [0, 0.05) is 28.2 Å². The van der Waals surface area contributed by atoms with Gasteiger partial charge in [-0.2, -0.15) is 0 Å². The van der Waals surface area contributed by atoms with Gasteiger partial charge < -0.3 is 38.2 Å². The molecule has 2 amide bonds. The molecule has 10 nitrogen and oxygen atoms in total. The van der Waals surface area contributed by atoms with Crippen molar-refractivity contribution in [2.75, 3.05) is 54.6 Å². The number of ether oxygens (including phenoxy) is 6. The molecule has 34 heavy (non-hydrogen) atoms. The Balaban J connectivity index is 1.47. The average molecular weight is 481 g/mol. The third kappa shape index (κ3) is 6.32. The molecule has 0 spiro atoms. The van der Waals surface area contributed by atoms with Crippen LogP contribution in [0.4, 0.5) is 0 Å². The van der Waals surface area contributed by atoms with Gasteiger partial charge >= 0.3 is 0 Å². The van der Waals surface area contributed by atoms with E-state index in [-0.39, 0.29) is 50.4 Å². The van der Waals surface area contributed by atoms with E-state index in [2.05, 4.69) is 0 Å². The summed E-state index contributed by atoms with van der Waals surface area (Å²) in [5.74, 6) is -3.05. The van der Waals surface area contributed by atoms with Crippen molar-refractivity contribution in [3.63, 3.8) is 0 Å². The fraction of sp³-hybridized carbons (Fsp3) is 0.667. The second-order valence-corrected chi connectivity index (χ2v) is 9.17. The zero-order valence-electron chi connectivity index (χ0n) is 20.9. The van der Waals surface area contributed by atoms with E-state index in [0.717, 1.165) is 11.1 Å². The molecule has 2 aliphatic rings. The molecule has 3 rings (SSSR count). The molecule has 0 atom stereocenters. The van der Waals surface area contributed by atoms with Crippen LogP contribution in [0, 0.1) is 0 Å². The molecule has 0 unspecified atom stereocenters. The van der Waals surface area contributed by atoms with Crippen molar-refractivity contribution in [1.29, 1.82) is 0 Å². The van der Waals surface area contributed by atoms with Crippen LogP contribution in [0.15, 0.2) is 24.3 Å². The summed E-state index contributed by atoms with van der Waals surface area (Å²) in [6.07, 6.45) is -0.576. The van der Waals surface area contributed by atoms with Gasteiger partial charge in [-0.15, -0.1) is 0 Å². The number of rotatable bonds is 8. The number of amides is 2. The van der Waals surface area contributed by atoms with Gasteiger partial charge in [0.2, 0.25) is 11.6 Å². The van der Waals surface area contributed by atoms with Gasteiger partial charge in [0.15, 0.2) is 0 Å². The molecule has 1 aromatic carbocycles. The number of hydrogen-bond donors (Lipinski definition) is 0. The lowest BCUT2D eigenvalue weighted by Gasteiger charge is -2.37. The molecule has 190 valence electrons. The summed E-state index contributed by atoms with van der Waals surface area (Å²) in [7, 11) is 6.65. The van der Waals surface area contributed by atoms with E-state index in [4.69, 9.17) is 28.4 Å². The summed E-state index contributed by atoms with van der Waals surface area (Å²) in [5.41, 5.74) is 1.95. The van der Waals surface area contributed by atoms with Gasteiger partial charge in [-0.3, -0.25) is 9.59 Å². The molecule has 2 aliphatic heterocycles. The average Bonchev–Trinajstić information content (AvgIpc) is 2.82. The zero-order valence-corrected chi connectivity index (χ0v) is 20.9. The summed E-state index contributed by atoms with van der Waals surface area (Å²) in [4.78, 5) is 27.4.